The summed E-state index contributed by atoms with van der Waals surface area (Å²) in [6.45, 7) is 22.5. The van der Waals surface area contributed by atoms with Gasteiger partial charge in [0.05, 0.1) is 24.3 Å². The molecule has 0 aromatic heterocycles. The number of rotatable bonds is 14. The van der Waals surface area contributed by atoms with Gasteiger partial charge in [-0.1, -0.05) is 66.9 Å². The molecule has 5 amide bonds. The summed E-state index contributed by atoms with van der Waals surface area (Å²) >= 11 is 0. The molecule has 1 saturated heterocycles. The molecule has 1 aliphatic heterocycles. The van der Waals surface area contributed by atoms with Crippen LogP contribution in [-0.4, -0.2) is 83.9 Å². The topological polar surface area (TPSA) is 146 Å². The maximum absolute atomic E-state index is 14.7. The average Bonchev–Trinajstić information content (AvgIpc) is 3.32. The highest BCUT2D eigenvalue weighted by molar-refractivity contribution is 6.38. The highest BCUT2D eigenvalue weighted by Crippen LogP contribution is 2.65. The molecule has 0 spiro atoms. The summed E-state index contributed by atoms with van der Waals surface area (Å²) in [6, 6.07) is -3.69. The number of Topliss-reactive ketones (excluding diaryl/α,β-unsaturated/α-hetero) is 1. The summed E-state index contributed by atoms with van der Waals surface area (Å²) in [4.78, 5) is 69.9. The Hall–Kier alpha value is -3.39. The fourth-order valence-electron chi connectivity index (χ4n) is 7.50. The van der Waals surface area contributed by atoms with Crippen LogP contribution in [0.1, 0.15) is 107 Å². The maximum Gasteiger partial charge on any atom is 0.315 e. The number of nitrogens with zero attached hydrogens (tertiary/aromatic N) is 1. The highest BCUT2D eigenvalue weighted by Gasteiger charge is 2.70. The zero-order valence-electron chi connectivity index (χ0n) is 31.3. The third-order valence-corrected chi connectivity index (χ3v) is 10.9. The Morgan fingerprint density at radius 1 is 1.00 bits per heavy atom. The van der Waals surface area contributed by atoms with E-state index in [0.717, 1.165) is 32.1 Å². The van der Waals surface area contributed by atoms with Crippen LogP contribution in [-0.2, 0) is 23.9 Å². The predicted molar refractivity (Wildman–Crippen MR) is 190 cm³/mol. The van der Waals surface area contributed by atoms with Crippen LogP contribution in [0.15, 0.2) is 12.7 Å². The van der Waals surface area contributed by atoms with E-state index in [1.807, 2.05) is 48.5 Å². The van der Waals surface area contributed by atoms with Gasteiger partial charge in [-0.25, -0.2) is 4.79 Å². The zero-order valence-corrected chi connectivity index (χ0v) is 31.3. The van der Waals surface area contributed by atoms with E-state index in [1.165, 1.54) is 6.08 Å². The molecule has 3 aliphatic rings. The van der Waals surface area contributed by atoms with E-state index in [0.29, 0.717) is 13.2 Å². The number of fused-ring (bicyclic) bond motifs is 1. The van der Waals surface area contributed by atoms with E-state index in [2.05, 4.69) is 47.6 Å². The van der Waals surface area contributed by atoms with Crippen molar-refractivity contribution >= 4 is 29.5 Å². The number of hydrogen-bond acceptors (Lipinski definition) is 6. The van der Waals surface area contributed by atoms with Gasteiger partial charge in [0.2, 0.25) is 17.6 Å². The number of carbonyl (C=O) groups is 5. The second-order valence-corrected chi connectivity index (χ2v) is 17.2. The standard InChI is InChI=1S/C38H61N5O6/c1-12-14-18-25(29(44)32(46)39-21-13-2)40-31(45)28-27-24(37(27,9)10)22-43(28)33(47)30(38(11)19-16-15-17-20-38)42-34(48)41-26(35(3,4)5)23-49-36(6,7)8/h1,13,24-28,30H,2,14-23H2,3-11H3,(H,39,46)(H,40,45)(H2,41,42,48)/t24-,25?,26+,27-,28-,30+/m0/s1. The number of ketones is 1. The Morgan fingerprint density at radius 3 is 2.18 bits per heavy atom. The van der Waals surface area contributed by atoms with E-state index in [1.54, 1.807) is 4.90 Å². The van der Waals surface area contributed by atoms with Crippen LogP contribution in [0.3, 0.4) is 0 Å². The molecule has 11 heteroatoms. The number of terminal acetylenes is 1. The maximum atomic E-state index is 14.7. The number of likely N-dealkylation sites (tertiary alicyclic amines) is 1. The van der Waals surface area contributed by atoms with Crippen molar-refractivity contribution in [3.05, 3.63) is 12.7 Å². The first-order valence-electron chi connectivity index (χ1n) is 17.9. The number of amides is 5. The Bertz CT molecular complexity index is 1300. The second kappa shape index (κ2) is 15.7. The van der Waals surface area contributed by atoms with Crippen LogP contribution in [0.2, 0.25) is 0 Å². The third kappa shape index (κ3) is 9.87. The number of urea groups is 1. The third-order valence-electron chi connectivity index (χ3n) is 10.9. The van der Waals surface area contributed by atoms with Crippen molar-refractivity contribution < 1.29 is 28.7 Å². The number of nitrogens with one attached hydrogen (secondary N) is 4. The Kier molecular flexibility index (Phi) is 12.8. The van der Waals surface area contributed by atoms with E-state index in [-0.39, 0.29) is 54.0 Å². The van der Waals surface area contributed by atoms with E-state index < -0.39 is 52.8 Å². The molecule has 274 valence electrons. The van der Waals surface area contributed by atoms with Gasteiger partial charge in [0, 0.05) is 19.5 Å². The second-order valence-electron chi connectivity index (χ2n) is 17.2. The molecule has 6 atom stereocenters. The van der Waals surface area contributed by atoms with Gasteiger partial charge >= 0.3 is 6.03 Å². The molecule has 0 radical (unpaired) electrons. The number of hydrogen-bond donors (Lipinski definition) is 4. The summed E-state index contributed by atoms with van der Waals surface area (Å²) < 4.78 is 6.05. The van der Waals surface area contributed by atoms with Crippen molar-refractivity contribution in [3.8, 4) is 12.3 Å². The molecule has 1 heterocycles. The largest absolute Gasteiger partial charge is 0.374 e. The van der Waals surface area contributed by atoms with Crippen LogP contribution >= 0.6 is 0 Å². The molecule has 2 aliphatic carbocycles. The lowest BCUT2D eigenvalue weighted by molar-refractivity contribution is -0.146. The molecule has 0 aromatic carbocycles. The van der Waals surface area contributed by atoms with E-state index in [4.69, 9.17) is 11.2 Å². The monoisotopic (exact) mass is 683 g/mol. The van der Waals surface area contributed by atoms with Gasteiger partial charge in [-0.15, -0.1) is 18.9 Å². The molecule has 4 N–H and O–H groups in total. The average molecular weight is 684 g/mol. The summed E-state index contributed by atoms with van der Waals surface area (Å²) in [5.41, 5.74) is -1.43. The molecular weight excluding hydrogens is 622 g/mol. The Labute approximate surface area is 293 Å². The molecule has 11 nitrogen and oxygen atoms in total. The number of ether oxygens (including phenoxy) is 1. The summed E-state index contributed by atoms with van der Waals surface area (Å²) in [5.74, 6) is -0.0293. The van der Waals surface area contributed by atoms with Gasteiger partial charge in [0.25, 0.3) is 5.91 Å². The van der Waals surface area contributed by atoms with E-state index >= 15 is 0 Å². The molecule has 49 heavy (non-hydrogen) atoms. The minimum atomic E-state index is -1.15. The first-order valence-corrected chi connectivity index (χ1v) is 17.9. The normalized spacial score (nSPS) is 24.2. The molecule has 3 rings (SSSR count). The van der Waals surface area contributed by atoms with Crippen LogP contribution in [0, 0.1) is 40.4 Å². The summed E-state index contributed by atoms with van der Waals surface area (Å²) in [5, 5.41) is 11.4. The molecule has 1 unspecified atom stereocenters. The van der Waals surface area contributed by atoms with Crippen molar-refractivity contribution in [1.29, 1.82) is 0 Å². The SMILES string of the molecule is C#CCCC(NC(=O)[C@@H]1[C@@H]2[C@H](CN1C(=O)[C@@H](NC(=O)N[C@H](COC(C)(C)C)C(C)(C)C)C1(C)CCCCC1)C2(C)C)C(=O)C(=O)NCC=C. The Balaban J connectivity index is 1.90. The van der Waals surface area contributed by atoms with Gasteiger partial charge in [-0.2, -0.15) is 0 Å². The van der Waals surface area contributed by atoms with Crippen LogP contribution in [0.5, 0.6) is 0 Å². The lowest BCUT2D eigenvalue weighted by Crippen LogP contribution is -2.63. The van der Waals surface area contributed by atoms with Crippen molar-refractivity contribution in [2.45, 2.75) is 137 Å². The fourth-order valence-corrected chi connectivity index (χ4v) is 7.50. The highest BCUT2D eigenvalue weighted by atomic mass is 16.5. The minimum absolute atomic E-state index is 0.0800. The van der Waals surface area contributed by atoms with Crippen molar-refractivity contribution in [3.63, 3.8) is 0 Å². The predicted octanol–water partition coefficient (Wildman–Crippen LogP) is 4.11. The Morgan fingerprint density at radius 2 is 1.63 bits per heavy atom. The minimum Gasteiger partial charge on any atom is -0.374 e. The first-order chi connectivity index (χ1) is 22.7. The molecular formula is C38H61N5O6. The molecule has 0 bridgehead atoms. The van der Waals surface area contributed by atoms with E-state index in [9.17, 15) is 24.0 Å². The lowest BCUT2D eigenvalue weighted by Gasteiger charge is -2.43. The van der Waals surface area contributed by atoms with Crippen molar-refractivity contribution in [2.75, 3.05) is 19.7 Å². The van der Waals surface area contributed by atoms with Gasteiger partial charge in [-0.05, 0) is 68.1 Å². The van der Waals surface area contributed by atoms with Crippen molar-refractivity contribution in [1.82, 2.24) is 26.2 Å². The van der Waals surface area contributed by atoms with Gasteiger partial charge < -0.3 is 30.9 Å². The van der Waals surface area contributed by atoms with Gasteiger partial charge in [0.15, 0.2) is 0 Å². The van der Waals surface area contributed by atoms with Crippen LogP contribution < -0.4 is 21.3 Å². The molecule has 3 fully saturated rings. The first kappa shape index (κ1) is 40.0. The van der Waals surface area contributed by atoms with Gasteiger partial charge in [-0.3, -0.25) is 19.2 Å². The number of piperidine rings is 1. The van der Waals surface area contributed by atoms with Crippen LogP contribution in [0.4, 0.5) is 4.79 Å². The smallest absolute Gasteiger partial charge is 0.315 e. The lowest BCUT2D eigenvalue weighted by atomic mass is 9.70. The van der Waals surface area contributed by atoms with Gasteiger partial charge in [0.1, 0.15) is 12.1 Å². The summed E-state index contributed by atoms with van der Waals surface area (Å²) in [7, 11) is 0. The fraction of sp³-hybridized carbons (Fsp3) is 0.763. The quantitative estimate of drug-likeness (QED) is 0.123. The zero-order chi connectivity index (χ0) is 36.9. The summed E-state index contributed by atoms with van der Waals surface area (Å²) in [6.07, 6.45) is 11.6. The molecule has 0 aromatic rings. The molecule has 2 saturated carbocycles. The number of carbonyl (C=O) groups excluding carboxylic acids is 5. The van der Waals surface area contributed by atoms with Crippen molar-refractivity contribution in [2.24, 2.45) is 28.1 Å². The van der Waals surface area contributed by atoms with Crippen LogP contribution in [0.25, 0.3) is 0 Å².